The van der Waals surface area contributed by atoms with Gasteiger partial charge in [0.15, 0.2) is 0 Å². The van der Waals surface area contributed by atoms with E-state index in [1.165, 1.54) is 0 Å². The first-order valence-electron chi connectivity index (χ1n) is 4.61. The van der Waals surface area contributed by atoms with Crippen molar-refractivity contribution in [1.29, 1.82) is 0 Å². The highest BCUT2D eigenvalue weighted by molar-refractivity contribution is 5.60. The summed E-state index contributed by atoms with van der Waals surface area (Å²) in [5.41, 5.74) is 0. The predicted octanol–water partition coefficient (Wildman–Crippen LogP) is 2.38. The molecule has 0 radical (unpaired) electrons. The van der Waals surface area contributed by atoms with E-state index in [0.717, 1.165) is 6.61 Å². The Balaban J connectivity index is 3.79. The molecule has 0 rings (SSSR count). The lowest BCUT2D eigenvalue weighted by molar-refractivity contribution is 0.0573. The van der Waals surface area contributed by atoms with Gasteiger partial charge in [0, 0.05) is 19.2 Å². The van der Waals surface area contributed by atoms with Gasteiger partial charge in [-0.25, -0.2) is 0 Å². The number of nitrogens with zero attached hydrogens (tertiary/aromatic N) is 1. The van der Waals surface area contributed by atoms with Crippen molar-refractivity contribution in [2.45, 2.75) is 33.8 Å². The minimum atomic E-state index is 0.316. The quantitative estimate of drug-likeness (QED) is 0.582. The van der Waals surface area contributed by atoms with Crippen LogP contribution < -0.4 is 0 Å². The molecule has 0 spiro atoms. The molecule has 0 heterocycles. The molecule has 0 saturated heterocycles. The lowest BCUT2D eigenvalue weighted by Gasteiger charge is -2.17. The van der Waals surface area contributed by atoms with Crippen LogP contribution in [0.4, 0.5) is 0 Å². The van der Waals surface area contributed by atoms with Crippen LogP contribution in [0, 0.1) is 11.8 Å². The molecule has 0 N–H and O–H groups in total. The third kappa shape index (κ3) is 5.30. The average Bonchev–Trinajstić information content (AvgIpc) is 1.96. The van der Waals surface area contributed by atoms with Crippen molar-refractivity contribution in [2.75, 3.05) is 13.7 Å². The summed E-state index contributed by atoms with van der Waals surface area (Å²) in [7, 11) is 1.81. The number of aliphatic imine (C=N–C) groups is 1. The van der Waals surface area contributed by atoms with Gasteiger partial charge in [-0.1, -0.05) is 13.8 Å². The molecule has 72 valence electrons. The number of hydrogen-bond acceptors (Lipinski definition) is 2. The Morgan fingerprint density at radius 3 is 2.17 bits per heavy atom. The zero-order valence-corrected chi connectivity index (χ0v) is 8.87. The highest BCUT2D eigenvalue weighted by atomic mass is 16.5. The molecule has 0 aromatic heterocycles. The molecule has 0 saturated carbocycles. The van der Waals surface area contributed by atoms with Gasteiger partial charge < -0.3 is 9.73 Å². The first kappa shape index (κ1) is 11.6. The van der Waals surface area contributed by atoms with E-state index in [4.69, 9.17) is 4.74 Å². The molecular weight excluding hydrogens is 150 g/mol. The maximum absolute atomic E-state index is 5.53. The van der Waals surface area contributed by atoms with Gasteiger partial charge >= 0.3 is 0 Å². The van der Waals surface area contributed by atoms with Gasteiger partial charge in [0.1, 0.15) is 0 Å². The summed E-state index contributed by atoms with van der Waals surface area (Å²) >= 11 is 0. The molecule has 0 aromatic rings. The SMILES string of the molecule is CN=CC(COC(C)C)C(C)C. The van der Waals surface area contributed by atoms with E-state index in [9.17, 15) is 0 Å². The molecule has 0 aliphatic rings. The maximum Gasteiger partial charge on any atom is 0.0549 e. The number of hydrogen-bond donors (Lipinski definition) is 0. The first-order valence-corrected chi connectivity index (χ1v) is 4.61. The highest BCUT2D eigenvalue weighted by Crippen LogP contribution is 2.09. The third-order valence-corrected chi connectivity index (χ3v) is 1.82. The zero-order valence-electron chi connectivity index (χ0n) is 8.87. The minimum Gasteiger partial charge on any atom is -0.378 e. The molecular formula is C10H21NO. The first-order chi connectivity index (χ1) is 5.57. The van der Waals surface area contributed by atoms with Crippen molar-refractivity contribution in [1.82, 2.24) is 0 Å². The molecule has 0 aliphatic carbocycles. The third-order valence-electron chi connectivity index (χ3n) is 1.82. The predicted molar refractivity (Wildman–Crippen MR) is 53.8 cm³/mol. The Morgan fingerprint density at radius 2 is 1.83 bits per heavy atom. The second kappa shape index (κ2) is 6.18. The summed E-state index contributed by atoms with van der Waals surface area (Å²) in [5.74, 6) is 1.06. The minimum absolute atomic E-state index is 0.316. The van der Waals surface area contributed by atoms with Gasteiger partial charge in [-0.3, -0.25) is 0 Å². The monoisotopic (exact) mass is 171 g/mol. The van der Waals surface area contributed by atoms with Gasteiger partial charge in [0.2, 0.25) is 0 Å². The van der Waals surface area contributed by atoms with Gasteiger partial charge in [-0.15, -0.1) is 0 Å². The second-order valence-corrected chi connectivity index (χ2v) is 3.70. The zero-order chi connectivity index (χ0) is 9.56. The molecule has 0 bridgehead atoms. The number of ether oxygens (including phenoxy) is 1. The summed E-state index contributed by atoms with van der Waals surface area (Å²) in [6.45, 7) is 9.28. The summed E-state index contributed by atoms with van der Waals surface area (Å²) in [5, 5.41) is 0. The molecule has 2 nitrogen and oxygen atoms in total. The van der Waals surface area contributed by atoms with Gasteiger partial charge in [0.25, 0.3) is 0 Å². The summed E-state index contributed by atoms with van der Waals surface area (Å²) in [6.07, 6.45) is 2.30. The van der Waals surface area contributed by atoms with Crippen LogP contribution >= 0.6 is 0 Å². The second-order valence-electron chi connectivity index (χ2n) is 3.70. The average molecular weight is 171 g/mol. The molecule has 0 aromatic carbocycles. The Morgan fingerprint density at radius 1 is 1.25 bits per heavy atom. The van der Waals surface area contributed by atoms with Gasteiger partial charge in [-0.2, -0.15) is 0 Å². The highest BCUT2D eigenvalue weighted by Gasteiger charge is 2.11. The van der Waals surface area contributed by atoms with Gasteiger partial charge in [-0.05, 0) is 19.8 Å². The molecule has 2 heteroatoms. The largest absolute Gasteiger partial charge is 0.378 e. The van der Waals surface area contributed by atoms with E-state index in [1.54, 1.807) is 0 Å². The molecule has 0 amide bonds. The van der Waals surface area contributed by atoms with Crippen molar-refractivity contribution in [3.8, 4) is 0 Å². The lowest BCUT2D eigenvalue weighted by atomic mass is 9.98. The summed E-state index contributed by atoms with van der Waals surface area (Å²) in [6, 6.07) is 0. The lowest BCUT2D eigenvalue weighted by Crippen LogP contribution is -2.19. The van der Waals surface area contributed by atoms with Crippen molar-refractivity contribution in [3.63, 3.8) is 0 Å². The standard InChI is InChI=1S/C10H21NO/c1-8(2)10(6-11-5)7-12-9(3)4/h6,8-10H,7H2,1-5H3. The van der Waals surface area contributed by atoms with Crippen LogP contribution in [0.15, 0.2) is 4.99 Å². The van der Waals surface area contributed by atoms with Crippen LogP contribution in [0.1, 0.15) is 27.7 Å². The van der Waals surface area contributed by atoms with E-state index in [2.05, 4.69) is 32.7 Å². The molecule has 12 heavy (non-hydrogen) atoms. The Labute approximate surface area is 76.0 Å². The topological polar surface area (TPSA) is 21.6 Å². The van der Waals surface area contributed by atoms with Crippen LogP contribution in [0.2, 0.25) is 0 Å². The molecule has 0 aliphatic heterocycles. The number of rotatable bonds is 5. The molecule has 1 atom stereocenters. The normalized spacial score (nSPS) is 14.9. The van der Waals surface area contributed by atoms with E-state index in [0.29, 0.717) is 17.9 Å². The molecule has 1 unspecified atom stereocenters. The van der Waals surface area contributed by atoms with E-state index in [1.807, 2.05) is 13.3 Å². The maximum atomic E-state index is 5.53. The van der Waals surface area contributed by atoms with Crippen LogP contribution in [0.25, 0.3) is 0 Å². The Kier molecular flexibility index (Phi) is 5.99. The van der Waals surface area contributed by atoms with Crippen molar-refractivity contribution in [2.24, 2.45) is 16.8 Å². The van der Waals surface area contributed by atoms with Crippen molar-refractivity contribution >= 4 is 6.21 Å². The van der Waals surface area contributed by atoms with Gasteiger partial charge in [0.05, 0.1) is 12.7 Å². The Hall–Kier alpha value is -0.370. The van der Waals surface area contributed by atoms with Crippen LogP contribution in [0.5, 0.6) is 0 Å². The van der Waals surface area contributed by atoms with E-state index < -0.39 is 0 Å². The smallest absolute Gasteiger partial charge is 0.0549 e. The van der Waals surface area contributed by atoms with Crippen LogP contribution in [-0.4, -0.2) is 26.0 Å². The Bertz CT molecular complexity index is 130. The van der Waals surface area contributed by atoms with Crippen molar-refractivity contribution < 1.29 is 4.74 Å². The fraction of sp³-hybridized carbons (Fsp3) is 0.900. The molecule has 0 fully saturated rings. The van der Waals surface area contributed by atoms with Crippen LogP contribution in [0.3, 0.4) is 0 Å². The fourth-order valence-corrected chi connectivity index (χ4v) is 0.903. The summed E-state index contributed by atoms with van der Waals surface area (Å²) < 4.78 is 5.53. The fourth-order valence-electron chi connectivity index (χ4n) is 0.903. The summed E-state index contributed by atoms with van der Waals surface area (Å²) in [4.78, 5) is 4.03. The van der Waals surface area contributed by atoms with Crippen molar-refractivity contribution in [3.05, 3.63) is 0 Å². The van der Waals surface area contributed by atoms with Crippen LogP contribution in [-0.2, 0) is 4.74 Å². The van der Waals surface area contributed by atoms with E-state index >= 15 is 0 Å². The van der Waals surface area contributed by atoms with E-state index in [-0.39, 0.29) is 0 Å².